The van der Waals surface area contributed by atoms with E-state index in [0.29, 0.717) is 27.0 Å². The Morgan fingerprint density at radius 1 is 1.15 bits per heavy atom. The highest BCUT2D eigenvalue weighted by Gasteiger charge is 2.20. The Morgan fingerprint density at radius 3 is 2.35 bits per heavy atom. The van der Waals surface area contributed by atoms with Crippen molar-refractivity contribution in [1.82, 2.24) is 4.72 Å². The van der Waals surface area contributed by atoms with Crippen molar-refractivity contribution < 1.29 is 17.9 Å². The summed E-state index contributed by atoms with van der Waals surface area (Å²) in [6.45, 7) is 0. The SMILES string of the molecule is COc1ccc(NC(=O)CC(NS(C)(=O)=O)c2ccc(Cl)cc2)cc1Cl. The molecule has 2 N–H and O–H groups in total. The van der Waals surface area contributed by atoms with Crippen LogP contribution >= 0.6 is 23.2 Å². The first kappa shape index (κ1) is 20.5. The van der Waals surface area contributed by atoms with E-state index in [1.165, 1.54) is 7.11 Å². The number of amides is 1. The van der Waals surface area contributed by atoms with Crippen molar-refractivity contribution in [2.45, 2.75) is 12.5 Å². The molecule has 140 valence electrons. The number of sulfonamides is 1. The molecule has 0 fully saturated rings. The molecule has 1 atom stereocenters. The lowest BCUT2D eigenvalue weighted by molar-refractivity contribution is -0.116. The van der Waals surface area contributed by atoms with E-state index in [2.05, 4.69) is 10.0 Å². The van der Waals surface area contributed by atoms with Crippen LogP contribution < -0.4 is 14.8 Å². The molecule has 2 aromatic rings. The topological polar surface area (TPSA) is 84.5 Å². The monoisotopic (exact) mass is 416 g/mol. The number of hydrogen-bond acceptors (Lipinski definition) is 4. The number of benzene rings is 2. The molecular formula is C17H18Cl2N2O4S. The van der Waals surface area contributed by atoms with Crippen LogP contribution in [0.15, 0.2) is 42.5 Å². The summed E-state index contributed by atoms with van der Waals surface area (Å²) in [4.78, 5) is 12.4. The summed E-state index contributed by atoms with van der Waals surface area (Å²) in [5, 5.41) is 3.56. The summed E-state index contributed by atoms with van der Waals surface area (Å²) in [5.41, 5.74) is 1.11. The Morgan fingerprint density at radius 2 is 1.81 bits per heavy atom. The molecule has 9 heteroatoms. The fourth-order valence-corrected chi connectivity index (χ4v) is 3.44. The number of rotatable bonds is 7. The zero-order valence-electron chi connectivity index (χ0n) is 14.1. The van der Waals surface area contributed by atoms with E-state index >= 15 is 0 Å². The number of hydrogen-bond donors (Lipinski definition) is 2. The Hall–Kier alpha value is -1.80. The van der Waals surface area contributed by atoms with Crippen LogP contribution in [0.1, 0.15) is 18.0 Å². The minimum Gasteiger partial charge on any atom is -0.495 e. The fourth-order valence-electron chi connectivity index (χ4n) is 2.32. The number of nitrogens with one attached hydrogen (secondary N) is 2. The van der Waals surface area contributed by atoms with Gasteiger partial charge in [0, 0.05) is 17.1 Å². The van der Waals surface area contributed by atoms with Crippen LogP contribution in [0.5, 0.6) is 5.75 Å². The van der Waals surface area contributed by atoms with Gasteiger partial charge in [-0.2, -0.15) is 0 Å². The maximum Gasteiger partial charge on any atom is 0.226 e. The van der Waals surface area contributed by atoms with Crippen molar-refractivity contribution in [3.8, 4) is 5.75 Å². The molecule has 0 aliphatic rings. The van der Waals surface area contributed by atoms with E-state index in [1.54, 1.807) is 42.5 Å². The maximum absolute atomic E-state index is 12.4. The highest BCUT2D eigenvalue weighted by Crippen LogP contribution is 2.28. The van der Waals surface area contributed by atoms with Crippen molar-refractivity contribution in [3.05, 3.63) is 58.1 Å². The molecule has 6 nitrogen and oxygen atoms in total. The summed E-state index contributed by atoms with van der Waals surface area (Å²) in [5.74, 6) is 0.116. The first-order chi connectivity index (χ1) is 12.2. The van der Waals surface area contributed by atoms with Crippen molar-refractivity contribution >= 4 is 44.8 Å². The van der Waals surface area contributed by atoms with Gasteiger partial charge >= 0.3 is 0 Å². The third kappa shape index (κ3) is 6.17. The molecule has 0 aromatic heterocycles. The quantitative estimate of drug-likeness (QED) is 0.721. The van der Waals surface area contributed by atoms with Gasteiger partial charge in [-0.05, 0) is 35.9 Å². The standard InChI is InChI=1S/C17H18Cl2N2O4S/c1-25-16-8-7-13(9-14(16)19)20-17(22)10-15(21-26(2,23)24)11-3-5-12(18)6-4-11/h3-9,15,21H,10H2,1-2H3,(H,20,22). The van der Waals surface area contributed by atoms with E-state index in [1.807, 2.05) is 0 Å². The van der Waals surface area contributed by atoms with Gasteiger partial charge in [0.1, 0.15) is 5.75 Å². The van der Waals surface area contributed by atoms with Gasteiger partial charge in [-0.15, -0.1) is 0 Å². The lowest BCUT2D eigenvalue weighted by Gasteiger charge is -2.18. The summed E-state index contributed by atoms with van der Waals surface area (Å²) in [6.07, 6.45) is 0.940. The lowest BCUT2D eigenvalue weighted by atomic mass is 10.0. The second kappa shape index (κ2) is 8.73. The van der Waals surface area contributed by atoms with Crippen LogP contribution in [-0.2, 0) is 14.8 Å². The van der Waals surface area contributed by atoms with Crippen molar-refractivity contribution in [2.24, 2.45) is 0 Å². The van der Waals surface area contributed by atoms with E-state index in [9.17, 15) is 13.2 Å². The third-order valence-electron chi connectivity index (χ3n) is 3.45. The average Bonchev–Trinajstić information content (AvgIpc) is 2.54. The molecule has 0 aliphatic heterocycles. The van der Waals surface area contributed by atoms with Gasteiger partial charge in [0.05, 0.1) is 24.4 Å². The molecular weight excluding hydrogens is 399 g/mol. The molecule has 2 rings (SSSR count). The van der Waals surface area contributed by atoms with Crippen LogP contribution in [-0.4, -0.2) is 27.7 Å². The number of ether oxygens (including phenoxy) is 1. The smallest absolute Gasteiger partial charge is 0.226 e. The van der Waals surface area contributed by atoms with Gasteiger partial charge < -0.3 is 10.1 Å². The first-order valence-electron chi connectivity index (χ1n) is 7.54. The Labute approximate surface area is 162 Å². The summed E-state index contributed by atoms with van der Waals surface area (Å²) in [6, 6.07) is 10.7. The normalized spacial score (nSPS) is 12.5. The second-order valence-electron chi connectivity index (χ2n) is 5.60. The van der Waals surface area contributed by atoms with E-state index in [0.717, 1.165) is 6.26 Å². The van der Waals surface area contributed by atoms with E-state index < -0.39 is 16.1 Å². The summed E-state index contributed by atoms with van der Waals surface area (Å²) in [7, 11) is -2.02. The number of anilines is 1. The Balaban J connectivity index is 2.15. The van der Waals surface area contributed by atoms with Gasteiger partial charge in [-0.25, -0.2) is 13.1 Å². The molecule has 0 saturated carbocycles. The number of halogens is 2. The fraction of sp³-hybridized carbons (Fsp3) is 0.235. The molecule has 2 aromatic carbocycles. The van der Waals surface area contributed by atoms with Crippen LogP contribution in [0, 0.1) is 0 Å². The second-order valence-corrected chi connectivity index (χ2v) is 8.22. The number of carbonyl (C=O) groups is 1. The molecule has 0 radical (unpaired) electrons. The molecule has 26 heavy (non-hydrogen) atoms. The molecule has 0 aliphatic carbocycles. The van der Waals surface area contributed by atoms with Crippen molar-refractivity contribution in [1.29, 1.82) is 0 Å². The van der Waals surface area contributed by atoms with Gasteiger partial charge in [0.2, 0.25) is 15.9 Å². The molecule has 1 unspecified atom stereocenters. The van der Waals surface area contributed by atoms with Gasteiger partial charge in [0.25, 0.3) is 0 Å². The zero-order valence-corrected chi connectivity index (χ0v) is 16.5. The molecule has 0 saturated heterocycles. The highest BCUT2D eigenvalue weighted by atomic mass is 35.5. The Kier molecular flexibility index (Phi) is 6.88. The van der Waals surface area contributed by atoms with Crippen LogP contribution in [0.3, 0.4) is 0 Å². The summed E-state index contributed by atoms with van der Waals surface area (Å²) >= 11 is 11.9. The van der Waals surface area contributed by atoms with Crippen LogP contribution in [0.25, 0.3) is 0 Å². The van der Waals surface area contributed by atoms with E-state index in [4.69, 9.17) is 27.9 Å². The molecule has 0 heterocycles. The van der Waals surface area contributed by atoms with Gasteiger partial charge in [0.15, 0.2) is 0 Å². The summed E-state index contributed by atoms with van der Waals surface area (Å²) < 4.78 is 30.8. The highest BCUT2D eigenvalue weighted by molar-refractivity contribution is 7.88. The predicted octanol–water partition coefficient (Wildman–Crippen LogP) is 3.62. The Bertz CT molecular complexity index is 886. The lowest BCUT2D eigenvalue weighted by Crippen LogP contribution is -2.30. The average molecular weight is 417 g/mol. The first-order valence-corrected chi connectivity index (χ1v) is 10.2. The van der Waals surface area contributed by atoms with Crippen LogP contribution in [0.4, 0.5) is 5.69 Å². The van der Waals surface area contributed by atoms with E-state index in [-0.39, 0.29) is 12.3 Å². The van der Waals surface area contributed by atoms with Crippen LogP contribution in [0.2, 0.25) is 10.0 Å². The third-order valence-corrected chi connectivity index (χ3v) is 4.71. The van der Waals surface area contributed by atoms with Gasteiger partial charge in [-0.1, -0.05) is 35.3 Å². The largest absolute Gasteiger partial charge is 0.495 e. The molecule has 0 bridgehead atoms. The minimum atomic E-state index is -3.52. The minimum absolute atomic E-state index is 0.0989. The number of methoxy groups -OCH3 is 1. The predicted molar refractivity (Wildman–Crippen MR) is 103 cm³/mol. The van der Waals surface area contributed by atoms with Crippen molar-refractivity contribution in [3.63, 3.8) is 0 Å². The molecule has 1 amide bonds. The molecule has 0 spiro atoms. The maximum atomic E-state index is 12.4. The van der Waals surface area contributed by atoms with Gasteiger partial charge in [-0.3, -0.25) is 4.79 Å². The van der Waals surface area contributed by atoms with Crippen molar-refractivity contribution in [2.75, 3.05) is 18.7 Å². The zero-order chi connectivity index (χ0) is 19.3. The number of carbonyl (C=O) groups excluding carboxylic acids is 1.